The van der Waals surface area contributed by atoms with Gasteiger partial charge in [0.05, 0.1) is 6.54 Å². The molecular formula is C14H20N4S. The molecule has 0 saturated heterocycles. The molecule has 0 aliphatic heterocycles. The van der Waals surface area contributed by atoms with Gasteiger partial charge in [-0.3, -0.25) is 0 Å². The van der Waals surface area contributed by atoms with E-state index in [4.69, 9.17) is 5.73 Å². The van der Waals surface area contributed by atoms with E-state index in [0.29, 0.717) is 6.54 Å². The maximum absolute atomic E-state index is 5.69. The van der Waals surface area contributed by atoms with E-state index < -0.39 is 0 Å². The Balaban J connectivity index is 2.06. The van der Waals surface area contributed by atoms with Crippen LogP contribution < -0.4 is 5.73 Å². The van der Waals surface area contributed by atoms with Crippen LogP contribution >= 0.6 is 11.8 Å². The van der Waals surface area contributed by atoms with Crippen molar-refractivity contribution in [3.63, 3.8) is 0 Å². The van der Waals surface area contributed by atoms with Crippen LogP contribution in [0.4, 0.5) is 0 Å². The Labute approximate surface area is 118 Å². The van der Waals surface area contributed by atoms with Gasteiger partial charge in [0, 0.05) is 12.3 Å². The molecule has 2 N–H and O–H groups in total. The van der Waals surface area contributed by atoms with Crippen LogP contribution in [0.5, 0.6) is 0 Å². The Morgan fingerprint density at radius 2 is 1.95 bits per heavy atom. The van der Waals surface area contributed by atoms with E-state index in [-0.39, 0.29) is 0 Å². The lowest BCUT2D eigenvalue weighted by Crippen LogP contribution is -2.09. The molecule has 2 aromatic rings. The van der Waals surface area contributed by atoms with Crippen molar-refractivity contribution in [1.82, 2.24) is 14.8 Å². The van der Waals surface area contributed by atoms with Crippen molar-refractivity contribution < 1.29 is 0 Å². The molecule has 1 aromatic carbocycles. The van der Waals surface area contributed by atoms with Crippen LogP contribution in [0.2, 0.25) is 0 Å². The fraction of sp³-hybridized carbons (Fsp3) is 0.429. The lowest BCUT2D eigenvalue weighted by molar-refractivity contribution is 0.592. The maximum atomic E-state index is 5.69. The first-order chi connectivity index (χ1) is 9.24. The van der Waals surface area contributed by atoms with E-state index in [1.54, 1.807) is 11.8 Å². The second kappa shape index (κ2) is 6.73. The molecule has 0 amide bonds. The van der Waals surface area contributed by atoms with Crippen molar-refractivity contribution in [2.24, 2.45) is 5.73 Å². The van der Waals surface area contributed by atoms with Crippen molar-refractivity contribution in [3.05, 3.63) is 41.2 Å². The Morgan fingerprint density at radius 3 is 2.58 bits per heavy atom. The minimum absolute atomic E-state index is 0.443. The smallest absolute Gasteiger partial charge is 0.191 e. The molecule has 0 aliphatic rings. The van der Waals surface area contributed by atoms with Crippen LogP contribution in [-0.2, 0) is 18.8 Å². The average molecular weight is 276 g/mol. The van der Waals surface area contributed by atoms with Crippen molar-refractivity contribution >= 4 is 11.8 Å². The molecule has 2 rings (SSSR count). The van der Waals surface area contributed by atoms with Gasteiger partial charge in [0.1, 0.15) is 5.82 Å². The first-order valence-corrected chi connectivity index (χ1v) is 7.53. The standard InChI is InChI=1S/C14H20N4S/c1-3-8-18-13(9-15)16-17-14(18)19-10-12-6-4-11(2)5-7-12/h4-7H,3,8-10,15H2,1-2H3. The third-order valence-electron chi connectivity index (χ3n) is 2.91. The summed E-state index contributed by atoms with van der Waals surface area (Å²) in [5, 5.41) is 9.34. The van der Waals surface area contributed by atoms with Crippen molar-refractivity contribution in [3.8, 4) is 0 Å². The highest BCUT2D eigenvalue weighted by Crippen LogP contribution is 2.22. The number of nitrogens with zero attached hydrogens (tertiary/aromatic N) is 3. The predicted molar refractivity (Wildman–Crippen MR) is 78.9 cm³/mol. The van der Waals surface area contributed by atoms with Gasteiger partial charge in [0.25, 0.3) is 0 Å². The van der Waals surface area contributed by atoms with Crippen molar-refractivity contribution in [1.29, 1.82) is 0 Å². The quantitative estimate of drug-likeness (QED) is 0.824. The van der Waals surface area contributed by atoms with Gasteiger partial charge in [-0.2, -0.15) is 0 Å². The average Bonchev–Trinajstić information content (AvgIpc) is 2.81. The number of rotatable bonds is 6. The summed E-state index contributed by atoms with van der Waals surface area (Å²) in [5.74, 6) is 1.78. The van der Waals surface area contributed by atoms with Crippen molar-refractivity contribution in [2.75, 3.05) is 0 Å². The largest absolute Gasteiger partial charge is 0.324 e. The van der Waals surface area contributed by atoms with E-state index >= 15 is 0 Å². The highest BCUT2D eigenvalue weighted by Gasteiger charge is 2.10. The first kappa shape index (κ1) is 14.1. The highest BCUT2D eigenvalue weighted by molar-refractivity contribution is 7.98. The van der Waals surface area contributed by atoms with Crippen LogP contribution in [0.25, 0.3) is 0 Å². The minimum Gasteiger partial charge on any atom is -0.324 e. The summed E-state index contributed by atoms with van der Waals surface area (Å²) in [6.45, 7) is 5.62. The third-order valence-corrected chi connectivity index (χ3v) is 3.95. The molecule has 102 valence electrons. The molecule has 0 radical (unpaired) electrons. The zero-order valence-electron chi connectivity index (χ0n) is 11.5. The summed E-state index contributed by atoms with van der Waals surface area (Å²) in [7, 11) is 0. The van der Waals surface area contributed by atoms with Crippen LogP contribution in [0, 0.1) is 6.92 Å². The van der Waals surface area contributed by atoms with Gasteiger partial charge in [-0.25, -0.2) is 0 Å². The molecule has 0 fully saturated rings. The minimum atomic E-state index is 0.443. The monoisotopic (exact) mass is 276 g/mol. The lowest BCUT2D eigenvalue weighted by Gasteiger charge is -2.07. The number of thioether (sulfide) groups is 1. The molecule has 0 saturated carbocycles. The molecule has 1 heterocycles. The summed E-state index contributed by atoms with van der Waals surface area (Å²) in [5.41, 5.74) is 8.27. The second-order valence-electron chi connectivity index (χ2n) is 4.53. The van der Waals surface area contributed by atoms with E-state index in [0.717, 1.165) is 29.7 Å². The molecule has 5 heteroatoms. The number of aromatic nitrogens is 3. The molecule has 0 bridgehead atoms. The fourth-order valence-electron chi connectivity index (χ4n) is 1.86. The molecule has 0 aliphatic carbocycles. The lowest BCUT2D eigenvalue weighted by atomic mass is 10.2. The summed E-state index contributed by atoms with van der Waals surface area (Å²) >= 11 is 1.72. The molecule has 19 heavy (non-hydrogen) atoms. The Hall–Kier alpha value is -1.33. The van der Waals surface area contributed by atoms with Gasteiger partial charge in [-0.05, 0) is 18.9 Å². The number of benzene rings is 1. The van der Waals surface area contributed by atoms with Crippen LogP contribution in [-0.4, -0.2) is 14.8 Å². The third kappa shape index (κ3) is 3.58. The molecular weight excluding hydrogens is 256 g/mol. The van der Waals surface area contributed by atoms with Gasteiger partial charge in [0.2, 0.25) is 0 Å². The number of hydrogen-bond donors (Lipinski definition) is 1. The first-order valence-electron chi connectivity index (χ1n) is 6.55. The molecule has 0 spiro atoms. The molecule has 0 atom stereocenters. The summed E-state index contributed by atoms with van der Waals surface area (Å²) < 4.78 is 2.12. The molecule has 0 unspecified atom stereocenters. The number of hydrogen-bond acceptors (Lipinski definition) is 4. The van der Waals surface area contributed by atoms with Gasteiger partial charge in [0.15, 0.2) is 5.16 Å². The normalized spacial score (nSPS) is 10.9. The van der Waals surface area contributed by atoms with E-state index in [9.17, 15) is 0 Å². The van der Waals surface area contributed by atoms with E-state index in [1.165, 1.54) is 11.1 Å². The highest BCUT2D eigenvalue weighted by atomic mass is 32.2. The Morgan fingerprint density at radius 1 is 1.21 bits per heavy atom. The fourth-order valence-corrected chi connectivity index (χ4v) is 2.80. The van der Waals surface area contributed by atoms with E-state index in [2.05, 4.69) is 52.9 Å². The van der Waals surface area contributed by atoms with Crippen LogP contribution in [0.3, 0.4) is 0 Å². The summed E-state index contributed by atoms with van der Waals surface area (Å²) in [6.07, 6.45) is 1.06. The summed E-state index contributed by atoms with van der Waals surface area (Å²) in [6, 6.07) is 8.59. The second-order valence-corrected chi connectivity index (χ2v) is 5.47. The zero-order valence-corrected chi connectivity index (χ0v) is 12.3. The van der Waals surface area contributed by atoms with Gasteiger partial charge in [-0.15, -0.1) is 10.2 Å². The van der Waals surface area contributed by atoms with Gasteiger partial charge >= 0.3 is 0 Å². The Kier molecular flexibility index (Phi) is 4.99. The number of aryl methyl sites for hydroxylation is 1. The maximum Gasteiger partial charge on any atom is 0.191 e. The topological polar surface area (TPSA) is 56.7 Å². The molecule has 1 aromatic heterocycles. The zero-order chi connectivity index (χ0) is 13.7. The van der Waals surface area contributed by atoms with Crippen LogP contribution in [0.1, 0.15) is 30.3 Å². The van der Waals surface area contributed by atoms with Crippen molar-refractivity contribution in [2.45, 2.75) is 44.3 Å². The number of nitrogens with two attached hydrogens (primary N) is 1. The van der Waals surface area contributed by atoms with E-state index in [1.807, 2.05) is 0 Å². The van der Waals surface area contributed by atoms with Gasteiger partial charge in [-0.1, -0.05) is 48.5 Å². The molecule has 4 nitrogen and oxygen atoms in total. The van der Waals surface area contributed by atoms with Gasteiger partial charge < -0.3 is 10.3 Å². The Bertz CT molecular complexity index is 519. The summed E-state index contributed by atoms with van der Waals surface area (Å²) in [4.78, 5) is 0. The van der Waals surface area contributed by atoms with Crippen LogP contribution in [0.15, 0.2) is 29.4 Å². The SMILES string of the molecule is CCCn1c(CN)nnc1SCc1ccc(C)cc1. The predicted octanol–water partition coefficient (Wildman–Crippen LogP) is 2.75.